The molecule has 2 aliphatic rings. The van der Waals surface area contributed by atoms with Crippen LogP contribution in [0.15, 0.2) is 121 Å². The second kappa shape index (κ2) is 31.5. The van der Waals surface area contributed by atoms with Crippen LogP contribution in [0.4, 0.5) is 4.79 Å². The number of rotatable bonds is 30. The summed E-state index contributed by atoms with van der Waals surface area (Å²) in [5, 5.41) is 2.56. The molecule has 1 N–H and O–H groups in total. The maximum atomic E-state index is 13.8. The highest BCUT2D eigenvalue weighted by Gasteiger charge is 2.44. The second-order valence-corrected chi connectivity index (χ2v) is 21.7. The van der Waals surface area contributed by atoms with E-state index in [0.29, 0.717) is 70.6 Å². The minimum Gasteiger partial charge on any atom is -0.465 e. The third-order valence-electron chi connectivity index (χ3n) is 14.3. The predicted octanol–water partition coefficient (Wildman–Crippen LogP) is 8.86. The molecule has 0 radical (unpaired) electrons. The molecule has 80 heavy (non-hydrogen) atoms. The van der Waals surface area contributed by atoms with Crippen molar-refractivity contribution in [2.24, 2.45) is 10.8 Å². The molecule has 2 aliphatic heterocycles. The van der Waals surface area contributed by atoms with E-state index in [2.05, 4.69) is 5.32 Å². The Hall–Kier alpha value is -7.24. The fourth-order valence-corrected chi connectivity index (χ4v) is 9.55. The van der Waals surface area contributed by atoms with Gasteiger partial charge in [0.15, 0.2) is 0 Å². The molecule has 0 aliphatic carbocycles. The summed E-state index contributed by atoms with van der Waals surface area (Å²) in [4.78, 5) is 110. The number of carbonyl (C=O) groups is 8. The highest BCUT2D eigenvalue weighted by Crippen LogP contribution is 2.31. The van der Waals surface area contributed by atoms with Crippen molar-refractivity contribution in [3.05, 3.63) is 144 Å². The third kappa shape index (κ3) is 19.2. The summed E-state index contributed by atoms with van der Waals surface area (Å²) >= 11 is 0. The molecule has 0 saturated carbocycles. The summed E-state index contributed by atoms with van der Waals surface area (Å²) in [7, 11) is 0. The first-order valence-corrected chi connectivity index (χ1v) is 28.1. The van der Waals surface area contributed by atoms with Gasteiger partial charge in [0.25, 0.3) is 11.8 Å². The number of hydrogen-bond acceptors (Lipinski definition) is 14. The molecule has 0 aromatic heterocycles. The van der Waals surface area contributed by atoms with Gasteiger partial charge >= 0.3 is 24.0 Å². The second-order valence-electron chi connectivity index (χ2n) is 21.7. The van der Waals surface area contributed by atoms with Gasteiger partial charge in [0, 0.05) is 32.7 Å². The molecule has 17 heteroatoms. The number of benzene rings is 4. The number of aryl methyl sites for hydroxylation is 2. The Morgan fingerprint density at radius 3 is 1.39 bits per heavy atom. The fourth-order valence-electron chi connectivity index (χ4n) is 9.55. The lowest BCUT2D eigenvalue weighted by molar-refractivity contribution is -0.165. The van der Waals surface area contributed by atoms with Gasteiger partial charge in [-0.05, 0) is 121 Å². The summed E-state index contributed by atoms with van der Waals surface area (Å²) in [6.07, 6.45) is 4.22. The van der Waals surface area contributed by atoms with Crippen molar-refractivity contribution in [2.75, 3.05) is 59.3 Å². The molecule has 2 heterocycles. The van der Waals surface area contributed by atoms with Gasteiger partial charge in [0.1, 0.15) is 37.5 Å². The number of alkyl carbamates (subject to hydrolysis) is 1. The fraction of sp³-hybridized carbons (Fsp3) is 0.492. The van der Waals surface area contributed by atoms with Gasteiger partial charge in [-0.2, -0.15) is 0 Å². The number of carbonyl (C=O) groups excluding carboxylic acids is 8. The molecule has 17 nitrogen and oxygen atoms in total. The van der Waals surface area contributed by atoms with Crippen molar-refractivity contribution >= 4 is 47.4 Å². The van der Waals surface area contributed by atoms with Crippen LogP contribution in [0.25, 0.3) is 0 Å². The molecule has 430 valence electrons. The number of piperidine rings is 2. The highest BCUT2D eigenvalue weighted by atomic mass is 16.6. The number of likely N-dealkylation sites (tertiary alicyclic amines) is 2. The minimum absolute atomic E-state index is 0.00740. The summed E-state index contributed by atoms with van der Waals surface area (Å²) in [6.45, 7) is 6.65. The van der Waals surface area contributed by atoms with Crippen LogP contribution in [0.5, 0.6) is 0 Å². The number of nitrogens with zero attached hydrogens (tertiary/aromatic N) is 2. The van der Waals surface area contributed by atoms with Crippen LogP contribution in [-0.2, 0) is 74.8 Å². The Morgan fingerprint density at radius 2 is 0.938 bits per heavy atom. The molecule has 6 rings (SSSR count). The molecule has 4 aromatic carbocycles. The molecule has 2 unspecified atom stereocenters. The normalized spacial score (nSPS) is 16.4. The molecular formula is C63H79N3O14. The van der Waals surface area contributed by atoms with E-state index in [-0.39, 0.29) is 65.7 Å². The van der Waals surface area contributed by atoms with Crippen LogP contribution in [0, 0.1) is 10.8 Å². The van der Waals surface area contributed by atoms with Crippen molar-refractivity contribution in [2.45, 2.75) is 129 Å². The van der Waals surface area contributed by atoms with Crippen LogP contribution in [0.2, 0.25) is 0 Å². The van der Waals surface area contributed by atoms with Crippen molar-refractivity contribution < 1.29 is 66.8 Å². The lowest BCUT2D eigenvalue weighted by Crippen LogP contribution is -2.54. The quantitative estimate of drug-likeness (QED) is 0.0224. The Kier molecular flexibility index (Phi) is 24.4. The topological polar surface area (TPSA) is 210 Å². The van der Waals surface area contributed by atoms with Crippen molar-refractivity contribution in [3.63, 3.8) is 0 Å². The zero-order valence-electron chi connectivity index (χ0n) is 46.8. The summed E-state index contributed by atoms with van der Waals surface area (Å²) in [6, 6.07) is 36.9. The molecule has 2 saturated heterocycles. The van der Waals surface area contributed by atoms with Gasteiger partial charge in [0.2, 0.25) is 11.6 Å². The SMILES string of the molecule is CC(C)(COC(=O)NCCOCCOCCCC(=O)OCC(C)(C)C(=O)C(=O)N1CCCC[C@H]1C(=O)OC(CCc1ccccc1)c1ccccc1)C(=O)C(=O)N1CCCC[C@@H]1C(=O)OC(CCc1ccccc1)c1ccccc1. The van der Waals surface area contributed by atoms with E-state index in [9.17, 15) is 38.4 Å². The Bertz CT molecular complexity index is 2450. The number of Topliss-reactive ketones (excluding diaryl/α,β-unsaturated/α-hetero) is 2. The van der Waals surface area contributed by atoms with Crippen LogP contribution in [-0.4, -0.2) is 129 Å². The van der Waals surface area contributed by atoms with Crippen molar-refractivity contribution in [1.82, 2.24) is 15.1 Å². The van der Waals surface area contributed by atoms with Gasteiger partial charge in [-0.1, -0.05) is 121 Å². The van der Waals surface area contributed by atoms with Gasteiger partial charge < -0.3 is 43.5 Å². The number of ether oxygens (including phenoxy) is 6. The first-order chi connectivity index (χ1) is 38.5. The predicted molar refractivity (Wildman–Crippen MR) is 298 cm³/mol. The Morgan fingerprint density at radius 1 is 0.525 bits per heavy atom. The van der Waals surface area contributed by atoms with E-state index in [1.165, 1.54) is 37.5 Å². The number of hydrogen-bond donors (Lipinski definition) is 1. The number of esters is 3. The molecular weight excluding hydrogens is 1020 g/mol. The van der Waals surface area contributed by atoms with E-state index >= 15 is 0 Å². The largest absolute Gasteiger partial charge is 0.465 e. The Labute approximate surface area is 470 Å². The lowest BCUT2D eigenvalue weighted by atomic mass is 9.87. The Balaban J connectivity index is 0.829. The van der Waals surface area contributed by atoms with Crippen molar-refractivity contribution in [1.29, 1.82) is 0 Å². The first-order valence-electron chi connectivity index (χ1n) is 28.1. The lowest BCUT2D eigenvalue weighted by Gasteiger charge is -2.36. The highest BCUT2D eigenvalue weighted by molar-refractivity contribution is 6.39. The van der Waals surface area contributed by atoms with Gasteiger partial charge in [-0.3, -0.25) is 24.0 Å². The van der Waals surface area contributed by atoms with E-state index in [1.807, 2.05) is 121 Å². The number of nitrogens with one attached hydrogen (secondary N) is 1. The van der Waals surface area contributed by atoms with E-state index in [4.69, 9.17) is 28.4 Å². The van der Waals surface area contributed by atoms with Crippen LogP contribution < -0.4 is 5.32 Å². The van der Waals surface area contributed by atoms with Crippen LogP contribution in [0.3, 0.4) is 0 Å². The monoisotopic (exact) mass is 1100 g/mol. The summed E-state index contributed by atoms with van der Waals surface area (Å²) < 4.78 is 34.1. The molecule has 0 spiro atoms. The van der Waals surface area contributed by atoms with Gasteiger partial charge in [-0.25, -0.2) is 14.4 Å². The zero-order valence-corrected chi connectivity index (χ0v) is 46.8. The molecule has 4 aromatic rings. The van der Waals surface area contributed by atoms with Crippen LogP contribution in [0.1, 0.15) is 126 Å². The first kappa shape index (κ1) is 62.0. The molecule has 2 fully saturated rings. The van der Waals surface area contributed by atoms with Gasteiger partial charge in [-0.15, -0.1) is 0 Å². The molecule has 0 bridgehead atoms. The minimum atomic E-state index is -1.39. The smallest absolute Gasteiger partial charge is 0.407 e. The van der Waals surface area contributed by atoms with E-state index < -0.39 is 82.5 Å². The van der Waals surface area contributed by atoms with Gasteiger partial charge in [0.05, 0.1) is 30.7 Å². The summed E-state index contributed by atoms with van der Waals surface area (Å²) in [5.41, 5.74) is 1.15. The third-order valence-corrected chi connectivity index (χ3v) is 14.3. The summed E-state index contributed by atoms with van der Waals surface area (Å²) in [5.74, 6) is -4.87. The van der Waals surface area contributed by atoms with E-state index in [1.54, 1.807) is 0 Å². The maximum Gasteiger partial charge on any atom is 0.407 e. The maximum absolute atomic E-state index is 13.8. The number of ketones is 2. The number of amides is 3. The van der Waals surface area contributed by atoms with Crippen LogP contribution >= 0.6 is 0 Å². The average molecular weight is 1100 g/mol. The zero-order chi connectivity index (χ0) is 57.3. The van der Waals surface area contributed by atoms with E-state index in [0.717, 1.165) is 22.3 Å². The van der Waals surface area contributed by atoms with Crippen molar-refractivity contribution in [3.8, 4) is 0 Å². The molecule has 4 atom stereocenters. The molecule has 3 amide bonds. The standard InChI is InChI=1S/C63H79N3O14/c1-62(2,55(68)57(70)65-38-19-17-30-50(65)59(72)79-52(48-26-13-7-14-27-48)35-33-46-22-9-5-10-23-46)44-77-54(67)32-21-40-75-42-43-76-41-37-64-61(74)78-45-63(3,4)56(69)58(71)66-39-20-18-31-51(66)60(73)80-53(49-28-15-8-16-29-49)36-34-47-24-11-6-12-25-47/h5-16,22-29,50-53H,17-21,30-45H2,1-4H3,(H,64,74)/t50-,51+,52?,53?/m0/s1. The average Bonchev–Trinajstić information content (AvgIpc) is 3.50.